The van der Waals surface area contributed by atoms with E-state index in [4.69, 9.17) is 4.74 Å². The van der Waals surface area contributed by atoms with Crippen LogP contribution in [0.2, 0.25) is 0 Å². The first-order chi connectivity index (χ1) is 10.7. The number of amides is 1. The van der Waals surface area contributed by atoms with Crippen molar-refractivity contribution in [2.24, 2.45) is 0 Å². The highest BCUT2D eigenvalue weighted by molar-refractivity contribution is 5.75. The molecule has 0 aliphatic heterocycles. The normalized spacial score (nSPS) is 12.1. The van der Waals surface area contributed by atoms with E-state index in [9.17, 15) is 4.79 Å². The Bertz CT molecular complexity index is 813. The molecule has 1 amide bonds. The maximum Gasteiger partial charge on any atom is 0.408 e. The molecule has 1 unspecified atom stereocenters. The molecule has 0 bridgehead atoms. The number of hydrogen-bond acceptors (Lipinski definition) is 4. The van der Waals surface area contributed by atoms with Gasteiger partial charge in [0, 0.05) is 0 Å². The summed E-state index contributed by atoms with van der Waals surface area (Å²) < 4.78 is 6.43. The highest BCUT2D eigenvalue weighted by atomic mass is 16.5. The molecule has 3 aromatic rings. The van der Waals surface area contributed by atoms with Crippen molar-refractivity contribution in [1.29, 1.82) is 0 Å². The van der Waals surface area contributed by atoms with Crippen molar-refractivity contribution < 1.29 is 9.53 Å². The van der Waals surface area contributed by atoms with E-state index in [2.05, 4.69) is 15.6 Å². The summed E-state index contributed by atoms with van der Waals surface area (Å²) in [6, 6.07) is 15.4. The van der Waals surface area contributed by atoms with Crippen molar-refractivity contribution >= 4 is 17.1 Å². The average molecular weight is 296 g/mol. The number of carbonyl (C=O) groups excluding carboxylic acids is 1. The first-order valence-electron chi connectivity index (χ1n) is 6.90. The van der Waals surface area contributed by atoms with E-state index in [1.807, 2.05) is 55.5 Å². The summed E-state index contributed by atoms with van der Waals surface area (Å²) in [6.45, 7) is 1.99. The molecule has 3 rings (SSSR count). The lowest BCUT2D eigenvalue weighted by Gasteiger charge is -2.20. The second kappa shape index (κ2) is 5.85. The number of methoxy groups -OCH3 is 1. The smallest absolute Gasteiger partial charge is 0.408 e. The molecule has 1 heterocycles. The first-order valence-corrected chi connectivity index (χ1v) is 6.90. The molecule has 1 N–H and O–H groups in total. The molecule has 0 aliphatic rings. The van der Waals surface area contributed by atoms with Crippen LogP contribution in [0.3, 0.4) is 0 Å². The van der Waals surface area contributed by atoms with Crippen LogP contribution in [0.4, 0.5) is 4.79 Å². The number of para-hydroxylation sites is 1. The van der Waals surface area contributed by atoms with Crippen molar-refractivity contribution in [3.05, 3.63) is 59.7 Å². The lowest BCUT2D eigenvalue weighted by atomic mass is 10.1. The summed E-state index contributed by atoms with van der Waals surface area (Å²) in [5, 5.41) is 11.2. The van der Waals surface area contributed by atoms with Gasteiger partial charge < -0.3 is 4.74 Å². The largest absolute Gasteiger partial charge is 0.453 e. The second-order valence-electron chi connectivity index (χ2n) is 4.92. The van der Waals surface area contributed by atoms with Gasteiger partial charge in [-0.25, -0.2) is 9.48 Å². The molecule has 0 saturated carbocycles. The number of nitrogens with zero attached hydrogens (tertiary/aromatic N) is 3. The zero-order chi connectivity index (χ0) is 15.5. The molecule has 0 fully saturated rings. The Kier molecular flexibility index (Phi) is 3.74. The average Bonchev–Trinajstić information content (AvgIpc) is 2.97. The number of carbonyl (C=O) groups is 1. The van der Waals surface area contributed by atoms with E-state index in [0.29, 0.717) is 0 Å². The van der Waals surface area contributed by atoms with Gasteiger partial charge in [0.15, 0.2) is 6.17 Å². The van der Waals surface area contributed by atoms with Gasteiger partial charge in [-0.1, -0.05) is 41.6 Å². The van der Waals surface area contributed by atoms with Crippen LogP contribution in [-0.2, 0) is 4.74 Å². The molecule has 22 heavy (non-hydrogen) atoms. The minimum Gasteiger partial charge on any atom is -0.453 e. The summed E-state index contributed by atoms with van der Waals surface area (Å²) in [5.41, 5.74) is 3.59. The summed E-state index contributed by atoms with van der Waals surface area (Å²) >= 11 is 0. The Morgan fingerprint density at radius 1 is 1.18 bits per heavy atom. The number of aromatic nitrogens is 3. The topological polar surface area (TPSA) is 69.0 Å². The number of hydrogen-bond donors (Lipinski definition) is 1. The van der Waals surface area contributed by atoms with Crippen LogP contribution in [-0.4, -0.2) is 28.2 Å². The molecule has 6 nitrogen and oxygen atoms in total. The third kappa shape index (κ3) is 2.50. The van der Waals surface area contributed by atoms with Gasteiger partial charge in [0.05, 0.1) is 12.6 Å². The van der Waals surface area contributed by atoms with Crippen molar-refractivity contribution in [1.82, 2.24) is 20.3 Å². The highest BCUT2D eigenvalue weighted by Crippen LogP contribution is 2.22. The molecule has 1 aromatic heterocycles. The van der Waals surface area contributed by atoms with Crippen LogP contribution < -0.4 is 5.32 Å². The zero-order valence-electron chi connectivity index (χ0n) is 12.4. The Hall–Kier alpha value is -2.89. The first kappa shape index (κ1) is 14.1. The molecule has 0 saturated heterocycles. The molecule has 0 aliphatic carbocycles. The summed E-state index contributed by atoms with van der Waals surface area (Å²) in [5.74, 6) is 0. The van der Waals surface area contributed by atoms with E-state index < -0.39 is 12.3 Å². The Labute approximate surface area is 127 Å². The quantitative estimate of drug-likeness (QED) is 0.806. The molecule has 0 radical (unpaired) electrons. The Balaban J connectivity index is 2.13. The maximum absolute atomic E-state index is 11.7. The van der Waals surface area contributed by atoms with Crippen molar-refractivity contribution in [3.63, 3.8) is 0 Å². The van der Waals surface area contributed by atoms with E-state index in [0.717, 1.165) is 22.2 Å². The van der Waals surface area contributed by atoms with Crippen molar-refractivity contribution in [2.75, 3.05) is 7.11 Å². The van der Waals surface area contributed by atoms with Gasteiger partial charge in [-0.15, -0.1) is 5.10 Å². The molecular formula is C16H16N4O2. The molecule has 0 spiro atoms. The lowest BCUT2D eigenvalue weighted by molar-refractivity contribution is 0.163. The van der Waals surface area contributed by atoms with Gasteiger partial charge in [-0.3, -0.25) is 5.32 Å². The summed E-state index contributed by atoms with van der Waals surface area (Å²) in [7, 11) is 1.34. The maximum atomic E-state index is 11.7. The van der Waals surface area contributed by atoms with Gasteiger partial charge in [-0.2, -0.15) is 0 Å². The summed E-state index contributed by atoms with van der Waals surface area (Å²) in [6.07, 6.45) is -1.01. The molecule has 112 valence electrons. The fourth-order valence-corrected chi connectivity index (χ4v) is 2.41. The number of rotatable bonds is 3. The third-order valence-electron chi connectivity index (χ3n) is 3.54. The van der Waals surface area contributed by atoms with Gasteiger partial charge in [-0.05, 0) is 30.2 Å². The van der Waals surface area contributed by atoms with Gasteiger partial charge in [0.1, 0.15) is 5.52 Å². The highest BCUT2D eigenvalue weighted by Gasteiger charge is 2.21. The van der Waals surface area contributed by atoms with Gasteiger partial charge in [0.25, 0.3) is 0 Å². The van der Waals surface area contributed by atoms with Gasteiger partial charge in [0.2, 0.25) is 0 Å². The van der Waals surface area contributed by atoms with Crippen LogP contribution in [0.1, 0.15) is 17.3 Å². The standard InChI is InChI=1S/C16H16N4O2/c1-11-7-3-4-8-12(11)15(17-16(21)22-2)20-14-10-6-5-9-13(14)18-19-20/h3-10,15H,1-2H3,(H,17,21). The third-order valence-corrected chi connectivity index (χ3v) is 3.54. The number of alkyl carbamates (subject to hydrolysis) is 1. The number of ether oxygens (including phenoxy) is 1. The van der Waals surface area contributed by atoms with Crippen molar-refractivity contribution in [2.45, 2.75) is 13.1 Å². The monoisotopic (exact) mass is 296 g/mol. The lowest BCUT2D eigenvalue weighted by Crippen LogP contribution is -2.34. The number of benzene rings is 2. The van der Waals surface area contributed by atoms with E-state index in [1.54, 1.807) is 4.68 Å². The van der Waals surface area contributed by atoms with Crippen LogP contribution in [0, 0.1) is 6.92 Å². The minimum absolute atomic E-state index is 0.485. The van der Waals surface area contributed by atoms with E-state index >= 15 is 0 Å². The van der Waals surface area contributed by atoms with E-state index in [-0.39, 0.29) is 0 Å². The Morgan fingerprint density at radius 2 is 1.91 bits per heavy atom. The van der Waals surface area contributed by atoms with E-state index in [1.165, 1.54) is 7.11 Å². The number of aryl methyl sites for hydroxylation is 1. The second-order valence-corrected chi connectivity index (χ2v) is 4.92. The molecule has 2 aromatic carbocycles. The molecule has 1 atom stereocenters. The van der Waals surface area contributed by atoms with Crippen molar-refractivity contribution in [3.8, 4) is 0 Å². The zero-order valence-corrected chi connectivity index (χ0v) is 12.4. The van der Waals surface area contributed by atoms with Crippen LogP contribution >= 0.6 is 0 Å². The summed E-state index contributed by atoms with van der Waals surface area (Å²) in [4.78, 5) is 11.7. The molecular weight excluding hydrogens is 280 g/mol. The fraction of sp³-hybridized carbons (Fsp3) is 0.188. The van der Waals surface area contributed by atoms with Crippen LogP contribution in [0.25, 0.3) is 11.0 Å². The van der Waals surface area contributed by atoms with Crippen LogP contribution in [0.5, 0.6) is 0 Å². The minimum atomic E-state index is -0.521. The number of nitrogens with one attached hydrogen (secondary N) is 1. The van der Waals surface area contributed by atoms with Gasteiger partial charge >= 0.3 is 6.09 Å². The predicted molar refractivity (Wildman–Crippen MR) is 82.4 cm³/mol. The number of fused-ring (bicyclic) bond motifs is 1. The SMILES string of the molecule is COC(=O)NC(c1ccccc1C)n1nnc2ccccc21. The van der Waals surface area contributed by atoms with Crippen LogP contribution in [0.15, 0.2) is 48.5 Å². The predicted octanol–water partition coefficient (Wildman–Crippen LogP) is 2.64. The Morgan fingerprint density at radius 3 is 2.68 bits per heavy atom. The molecule has 6 heteroatoms. The fourth-order valence-electron chi connectivity index (χ4n) is 2.41.